The van der Waals surface area contributed by atoms with Crippen LogP contribution in [0.15, 0.2) is 0 Å². The van der Waals surface area contributed by atoms with Crippen molar-refractivity contribution in [2.45, 2.75) is 46.0 Å². The first-order valence-electron chi connectivity index (χ1n) is 6.47. The van der Waals surface area contributed by atoms with E-state index in [1.807, 2.05) is 20.8 Å². The molecule has 0 amide bonds. The minimum absolute atomic E-state index is 0.221. The molecule has 2 aromatic rings. The van der Waals surface area contributed by atoms with E-state index in [2.05, 4.69) is 15.3 Å². The fourth-order valence-corrected chi connectivity index (χ4v) is 2.85. The highest BCUT2D eigenvalue weighted by molar-refractivity contribution is 7.16. The molecule has 0 aliphatic rings. The predicted octanol–water partition coefficient (Wildman–Crippen LogP) is 2.37. The van der Waals surface area contributed by atoms with Crippen LogP contribution in [0.1, 0.15) is 56.8 Å². The molecule has 0 fully saturated rings. The molecule has 1 atom stereocenters. The van der Waals surface area contributed by atoms with Gasteiger partial charge < -0.3 is 4.74 Å². The number of carbonyl (C=O) groups excluding carboxylic acids is 1. The number of fused-ring (bicyclic) bond motifs is 1. The van der Waals surface area contributed by atoms with Crippen LogP contribution in [0.4, 0.5) is 0 Å². The summed E-state index contributed by atoms with van der Waals surface area (Å²) in [5.41, 5.74) is 0. The van der Waals surface area contributed by atoms with E-state index >= 15 is 0 Å². The van der Waals surface area contributed by atoms with Crippen molar-refractivity contribution in [3.05, 3.63) is 10.8 Å². The zero-order valence-electron chi connectivity index (χ0n) is 11.6. The smallest absolute Gasteiger partial charge is 0.315 e. The number of hydrogen-bond donors (Lipinski definition) is 0. The summed E-state index contributed by atoms with van der Waals surface area (Å²) in [4.78, 5) is 12.6. The number of ether oxygens (including phenoxy) is 1. The van der Waals surface area contributed by atoms with Crippen LogP contribution in [-0.2, 0) is 9.53 Å². The maximum absolute atomic E-state index is 11.9. The number of nitrogens with zero attached hydrogens (tertiary/aromatic N) is 4. The van der Waals surface area contributed by atoms with Gasteiger partial charge in [0.2, 0.25) is 4.96 Å². The fourth-order valence-electron chi connectivity index (χ4n) is 1.83. The summed E-state index contributed by atoms with van der Waals surface area (Å²) in [6, 6.07) is 0. The zero-order valence-corrected chi connectivity index (χ0v) is 12.4. The highest BCUT2D eigenvalue weighted by Crippen LogP contribution is 2.27. The first kappa shape index (κ1) is 13.9. The molecule has 1 unspecified atom stereocenters. The van der Waals surface area contributed by atoms with E-state index in [0.717, 1.165) is 15.8 Å². The summed E-state index contributed by atoms with van der Waals surface area (Å²) < 4.78 is 6.81. The van der Waals surface area contributed by atoms with Crippen LogP contribution in [-0.4, -0.2) is 32.4 Å². The number of rotatable bonds is 5. The molecule has 0 bridgehead atoms. The van der Waals surface area contributed by atoms with Crippen molar-refractivity contribution in [1.29, 1.82) is 0 Å². The van der Waals surface area contributed by atoms with E-state index in [1.165, 1.54) is 11.3 Å². The maximum Gasteiger partial charge on any atom is 0.315 e. The van der Waals surface area contributed by atoms with Crippen molar-refractivity contribution in [2.24, 2.45) is 0 Å². The molecule has 0 aliphatic heterocycles. The normalized spacial score (nSPS) is 13.1. The van der Waals surface area contributed by atoms with Gasteiger partial charge in [0.1, 0.15) is 10.9 Å². The average Bonchev–Trinajstić information content (AvgIpc) is 2.89. The third kappa shape index (κ3) is 2.60. The van der Waals surface area contributed by atoms with Gasteiger partial charge in [0.25, 0.3) is 0 Å². The number of aromatic nitrogens is 4. The zero-order chi connectivity index (χ0) is 14.0. The van der Waals surface area contributed by atoms with Crippen molar-refractivity contribution < 1.29 is 9.53 Å². The monoisotopic (exact) mass is 282 g/mol. The Bertz CT molecular complexity index is 575. The van der Waals surface area contributed by atoms with Gasteiger partial charge >= 0.3 is 5.97 Å². The predicted molar refractivity (Wildman–Crippen MR) is 72.4 cm³/mol. The Hall–Kier alpha value is -1.50. The Kier molecular flexibility index (Phi) is 4.14. The number of esters is 1. The lowest BCUT2D eigenvalue weighted by Gasteiger charge is -2.09. The summed E-state index contributed by atoms with van der Waals surface area (Å²) >= 11 is 1.40. The summed E-state index contributed by atoms with van der Waals surface area (Å²) in [6.07, 6.45) is 0.667. The van der Waals surface area contributed by atoms with E-state index in [-0.39, 0.29) is 17.8 Å². The van der Waals surface area contributed by atoms with E-state index < -0.39 is 0 Å². The van der Waals surface area contributed by atoms with Crippen LogP contribution in [0.25, 0.3) is 4.96 Å². The van der Waals surface area contributed by atoms with E-state index in [4.69, 9.17) is 4.74 Å². The average molecular weight is 282 g/mol. The largest absolute Gasteiger partial charge is 0.465 e. The van der Waals surface area contributed by atoms with Crippen LogP contribution in [0, 0.1) is 0 Å². The Morgan fingerprint density at radius 3 is 2.68 bits per heavy atom. The second-order valence-electron chi connectivity index (χ2n) is 4.56. The van der Waals surface area contributed by atoms with Crippen LogP contribution < -0.4 is 0 Å². The third-order valence-electron chi connectivity index (χ3n) is 2.82. The molecular formula is C12H18N4O2S. The Balaban J connectivity index is 2.36. The van der Waals surface area contributed by atoms with Crippen LogP contribution >= 0.6 is 11.3 Å². The molecule has 0 aliphatic carbocycles. The van der Waals surface area contributed by atoms with Gasteiger partial charge in [-0.05, 0) is 13.3 Å². The highest BCUT2D eigenvalue weighted by atomic mass is 32.1. The quantitative estimate of drug-likeness (QED) is 0.787. The molecule has 0 spiro atoms. The first-order chi connectivity index (χ1) is 9.08. The van der Waals surface area contributed by atoms with E-state index in [0.29, 0.717) is 13.0 Å². The van der Waals surface area contributed by atoms with E-state index in [9.17, 15) is 4.79 Å². The van der Waals surface area contributed by atoms with Crippen LogP contribution in [0.5, 0.6) is 0 Å². The molecule has 6 nitrogen and oxygen atoms in total. The Morgan fingerprint density at radius 1 is 1.37 bits per heavy atom. The van der Waals surface area contributed by atoms with Gasteiger partial charge in [0.05, 0.1) is 6.61 Å². The van der Waals surface area contributed by atoms with Crippen molar-refractivity contribution in [1.82, 2.24) is 19.8 Å². The molecule has 7 heteroatoms. The highest BCUT2D eigenvalue weighted by Gasteiger charge is 2.25. The van der Waals surface area contributed by atoms with Crippen LogP contribution in [0.3, 0.4) is 0 Å². The molecule has 0 N–H and O–H groups in total. The molecule has 19 heavy (non-hydrogen) atoms. The van der Waals surface area contributed by atoms with Gasteiger partial charge in [-0.1, -0.05) is 32.1 Å². The SMILES string of the molecule is CCOC(=O)C(CC)c1nn2c(C(C)C)nnc2s1. The lowest BCUT2D eigenvalue weighted by Crippen LogP contribution is -2.15. The molecule has 2 aromatic heterocycles. The molecular weight excluding hydrogens is 264 g/mol. The van der Waals surface area contributed by atoms with Gasteiger partial charge in [0, 0.05) is 5.92 Å². The molecule has 0 saturated heterocycles. The molecule has 2 rings (SSSR count). The fraction of sp³-hybridized carbons (Fsp3) is 0.667. The second-order valence-corrected chi connectivity index (χ2v) is 5.55. The molecule has 104 valence electrons. The first-order valence-corrected chi connectivity index (χ1v) is 7.28. The topological polar surface area (TPSA) is 69.4 Å². The summed E-state index contributed by atoms with van der Waals surface area (Å²) in [6.45, 7) is 8.22. The Morgan fingerprint density at radius 2 is 2.11 bits per heavy atom. The van der Waals surface area contributed by atoms with Gasteiger partial charge in [-0.15, -0.1) is 10.2 Å². The lowest BCUT2D eigenvalue weighted by molar-refractivity contribution is -0.145. The van der Waals surface area contributed by atoms with Crippen LogP contribution in [0.2, 0.25) is 0 Å². The number of carbonyl (C=O) groups is 1. The molecule has 2 heterocycles. The van der Waals surface area contributed by atoms with Crippen molar-refractivity contribution in [3.63, 3.8) is 0 Å². The van der Waals surface area contributed by atoms with Gasteiger partial charge in [-0.25, -0.2) is 0 Å². The number of hydrogen-bond acceptors (Lipinski definition) is 6. The molecule has 0 aromatic carbocycles. The minimum atomic E-state index is -0.313. The standard InChI is InChI=1S/C12H18N4O2S/c1-5-8(11(17)18-6-2)10-15-16-9(7(3)4)13-14-12(16)19-10/h7-8H,5-6H2,1-4H3. The van der Waals surface area contributed by atoms with E-state index in [1.54, 1.807) is 11.4 Å². The summed E-state index contributed by atoms with van der Waals surface area (Å²) in [7, 11) is 0. The third-order valence-corrected chi connectivity index (χ3v) is 3.84. The van der Waals surface area contributed by atoms with Crippen molar-refractivity contribution in [3.8, 4) is 0 Å². The van der Waals surface area contributed by atoms with Crippen molar-refractivity contribution in [2.75, 3.05) is 6.61 Å². The summed E-state index contributed by atoms with van der Waals surface area (Å²) in [5, 5.41) is 13.4. The Labute approximate surface area is 115 Å². The lowest BCUT2D eigenvalue weighted by atomic mass is 10.1. The maximum atomic E-state index is 11.9. The minimum Gasteiger partial charge on any atom is -0.465 e. The van der Waals surface area contributed by atoms with Gasteiger partial charge in [-0.2, -0.15) is 9.61 Å². The van der Waals surface area contributed by atoms with Gasteiger partial charge in [-0.3, -0.25) is 4.79 Å². The van der Waals surface area contributed by atoms with Crippen molar-refractivity contribution >= 4 is 22.3 Å². The van der Waals surface area contributed by atoms with Gasteiger partial charge in [0.15, 0.2) is 5.82 Å². The second kappa shape index (κ2) is 5.64. The molecule has 0 radical (unpaired) electrons. The summed E-state index contributed by atoms with van der Waals surface area (Å²) in [5.74, 6) is 0.525. The molecule has 0 saturated carbocycles.